The molecule has 5 heteroatoms. The minimum absolute atomic E-state index is 0.0409. The fourth-order valence-electron chi connectivity index (χ4n) is 2.83. The number of benzene rings is 1. The molecule has 1 amide bonds. The monoisotopic (exact) mass is 325 g/mol. The summed E-state index contributed by atoms with van der Waals surface area (Å²) < 4.78 is 5.44. The molecule has 1 aromatic carbocycles. The molecular weight excluding hydrogens is 302 g/mol. The van der Waals surface area contributed by atoms with Gasteiger partial charge in [-0.15, -0.1) is 0 Å². The standard InChI is InChI=1S/C17H24ClNO3/c1-13(10-14-2-4-15(18)5-3-14)16(21)19-11-17(6-8-20)7-9-22-12-17/h2-5,13,20H,6-12H2,1H3,(H,19,21). The molecule has 0 radical (unpaired) electrons. The summed E-state index contributed by atoms with van der Waals surface area (Å²) in [5.74, 6) is -0.0613. The van der Waals surface area contributed by atoms with E-state index in [1.807, 2.05) is 31.2 Å². The predicted octanol–water partition coefficient (Wildman–Crippen LogP) is 2.42. The van der Waals surface area contributed by atoms with Gasteiger partial charge in [-0.2, -0.15) is 0 Å². The summed E-state index contributed by atoms with van der Waals surface area (Å²) in [4.78, 5) is 12.3. The lowest BCUT2D eigenvalue weighted by atomic mass is 9.84. The third kappa shape index (κ3) is 4.70. The van der Waals surface area contributed by atoms with Crippen LogP contribution in [0.15, 0.2) is 24.3 Å². The number of hydrogen-bond donors (Lipinski definition) is 2. The van der Waals surface area contributed by atoms with Crippen molar-refractivity contribution < 1.29 is 14.6 Å². The van der Waals surface area contributed by atoms with Gasteiger partial charge in [0.2, 0.25) is 5.91 Å². The quantitative estimate of drug-likeness (QED) is 0.809. The number of amides is 1. The number of rotatable bonds is 7. The summed E-state index contributed by atoms with van der Waals surface area (Å²) in [5.41, 5.74) is 0.992. The lowest BCUT2D eigenvalue weighted by molar-refractivity contribution is -0.125. The second-order valence-corrected chi connectivity index (χ2v) is 6.66. The largest absolute Gasteiger partial charge is 0.396 e. The van der Waals surface area contributed by atoms with Crippen molar-refractivity contribution in [3.63, 3.8) is 0 Å². The zero-order valence-electron chi connectivity index (χ0n) is 13.0. The van der Waals surface area contributed by atoms with Crippen molar-refractivity contribution in [1.82, 2.24) is 5.32 Å². The van der Waals surface area contributed by atoms with Crippen LogP contribution in [0.5, 0.6) is 0 Å². The van der Waals surface area contributed by atoms with Gasteiger partial charge >= 0.3 is 0 Å². The summed E-state index contributed by atoms with van der Waals surface area (Å²) in [6.45, 7) is 3.93. The van der Waals surface area contributed by atoms with Crippen molar-refractivity contribution in [2.24, 2.45) is 11.3 Å². The number of hydrogen-bond acceptors (Lipinski definition) is 3. The van der Waals surface area contributed by atoms with Crippen LogP contribution in [0.1, 0.15) is 25.3 Å². The Morgan fingerprint density at radius 3 is 2.77 bits per heavy atom. The summed E-state index contributed by atoms with van der Waals surface area (Å²) >= 11 is 5.87. The van der Waals surface area contributed by atoms with Gasteiger partial charge in [0.05, 0.1) is 6.61 Å². The molecule has 0 aliphatic carbocycles. The lowest BCUT2D eigenvalue weighted by Gasteiger charge is -2.27. The molecule has 2 unspecified atom stereocenters. The van der Waals surface area contributed by atoms with Crippen molar-refractivity contribution in [3.8, 4) is 0 Å². The average Bonchev–Trinajstić information content (AvgIpc) is 2.96. The Morgan fingerprint density at radius 2 is 2.18 bits per heavy atom. The van der Waals surface area contributed by atoms with Crippen LogP contribution in [0.4, 0.5) is 0 Å². The molecule has 2 N–H and O–H groups in total. The second-order valence-electron chi connectivity index (χ2n) is 6.23. The Balaban J connectivity index is 1.84. The smallest absolute Gasteiger partial charge is 0.223 e. The minimum atomic E-state index is -0.107. The van der Waals surface area contributed by atoms with Gasteiger partial charge in [0.25, 0.3) is 0 Å². The molecule has 0 bridgehead atoms. The topological polar surface area (TPSA) is 58.6 Å². The van der Waals surface area contributed by atoms with Crippen molar-refractivity contribution in [1.29, 1.82) is 0 Å². The van der Waals surface area contributed by atoms with E-state index < -0.39 is 0 Å². The van der Waals surface area contributed by atoms with Crippen molar-refractivity contribution >= 4 is 17.5 Å². The molecule has 1 saturated heterocycles. The molecule has 1 fully saturated rings. The molecule has 2 rings (SSSR count). The normalized spacial score (nSPS) is 22.5. The van der Waals surface area contributed by atoms with E-state index in [0.29, 0.717) is 37.6 Å². The molecule has 0 aromatic heterocycles. The van der Waals surface area contributed by atoms with Crippen LogP contribution in [0.25, 0.3) is 0 Å². The number of aliphatic hydroxyl groups is 1. The summed E-state index contributed by atoms with van der Waals surface area (Å²) in [5, 5.41) is 12.9. The fourth-order valence-corrected chi connectivity index (χ4v) is 2.95. The zero-order valence-corrected chi connectivity index (χ0v) is 13.7. The maximum atomic E-state index is 12.3. The molecule has 0 saturated carbocycles. The molecule has 1 aromatic rings. The number of aliphatic hydroxyl groups excluding tert-OH is 1. The van der Waals surface area contributed by atoms with Crippen molar-refractivity contribution in [2.45, 2.75) is 26.2 Å². The van der Waals surface area contributed by atoms with Crippen LogP contribution in [0, 0.1) is 11.3 Å². The van der Waals surface area contributed by atoms with E-state index in [0.717, 1.165) is 12.0 Å². The number of carbonyl (C=O) groups excluding carboxylic acids is 1. The van der Waals surface area contributed by atoms with Gasteiger partial charge in [0.15, 0.2) is 0 Å². The Hall–Kier alpha value is -1.10. The number of carbonyl (C=O) groups is 1. The highest BCUT2D eigenvalue weighted by Gasteiger charge is 2.35. The Morgan fingerprint density at radius 1 is 1.45 bits per heavy atom. The van der Waals surface area contributed by atoms with E-state index in [2.05, 4.69) is 5.32 Å². The Labute approximate surface area is 136 Å². The number of halogens is 1. The third-order valence-corrected chi connectivity index (χ3v) is 4.62. The first kappa shape index (κ1) is 17.3. The number of nitrogens with one attached hydrogen (secondary N) is 1. The zero-order chi connectivity index (χ0) is 16.0. The highest BCUT2D eigenvalue weighted by atomic mass is 35.5. The first-order chi connectivity index (χ1) is 10.5. The lowest BCUT2D eigenvalue weighted by Crippen LogP contribution is -2.41. The van der Waals surface area contributed by atoms with Crippen molar-refractivity contribution in [2.75, 3.05) is 26.4 Å². The highest BCUT2D eigenvalue weighted by molar-refractivity contribution is 6.30. The van der Waals surface area contributed by atoms with Crippen LogP contribution in [-0.2, 0) is 16.0 Å². The van der Waals surface area contributed by atoms with Gasteiger partial charge in [-0.25, -0.2) is 0 Å². The molecule has 1 aliphatic rings. The molecule has 4 nitrogen and oxygen atoms in total. The minimum Gasteiger partial charge on any atom is -0.396 e. The first-order valence-corrected chi connectivity index (χ1v) is 8.13. The number of ether oxygens (including phenoxy) is 1. The van der Waals surface area contributed by atoms with Gasteiger partial charge in [-0.1, -0.05) is 30.7 Å². The SMILES string of the molecule is CC(Cc1ccc(Cl)cc1)C(=O)NCC1(CCO)CCOC1. The van der Waals surface area contributed by atoms with E-state index in [-0.39, 0.29) is 23.8 Å². The summed E-state index contributed by atoms with van der Waals surface area (Å²) in [6, 6.07) is 7.58. The molecule has 1 heterocycles. The van der Waals surface area contributed by atoms with Crippen LogP contribution in [-0.4, -0.2) is 37.4 Å². The molecule has 122 valence electrons. The first-order valence-electron chi connectivity index (χ1n) is 7.75. The second kappa shape index (κ2) is 7.95. The van der Waals surface area contributed by atoms with E-state index in [9.17, 15) is 9.90 Å². The van der Waals surface area contributed by atoms with Gasteiger partial charge in [-0.3, -0.25) is 4.79 Å². The Bertz CT molecular complexity index is 483. The van der Waals surface area contributed by atoms with Crippen LogP contribution < -0.4 is 5.32 Å². The Kier molecular flexibility index (Phi) is 6.24. The highest BCUT2D eigenvalue weighted by Crippen LogP contribution is 2.31. The van der Waals surface area contributed by atoms with E-state index >= 15 is 0 Å². The third-order valence-electron chi connectivity index (χ3n) is 4.37. The van der Waals surface area contributed by atoms with Crippen LogP contribution in [0.3, 0.4) is 0 Å². The van der Waals surface area contributed by atoms with Gasteiger partial charge in [-0.05, 0) is 37.0 Å². The summed E-state index contributed by atoms with van der Waals surface area (Å²) in [7, 11) is 0. The van der Waals surface area contributed by atoms with E-state index in [4.69, 9.17) is 16.3 Å². The van der Waals surface area contributed by atoms with Gasteiger partial charge < -0.3 is 15.2 Å². The van der Waals surface area contributed by atoms with Crippen LogP contribution >= 0.6 is 11.6 Å². The molecule has 2 atom stereocenters. The maximum Gasteiger partial charge on any atom is 0.223 e. The maximum absolute atomic E-state index is 12.3. The van der Waals surface area contributed by atoms with Crippen LogP contribution in [0.2, 0.25) is 5.02 Å². The van der Waals surface area contributed by atoms with Gasteiger partial charge in [0.1, 0.15) is 0 Å². The molecule has 1 aliphatic heterocycles. The van der Waals surface area contributed by atoms with Gasteiger partial charge in [0, 0.05) is 36.1 Å². The van der Waals surface area contributed by atoms with E-state index in [1.54, 1.807) is 0 Å². The van der Waals surface area contributed by atoms with Crippen molar-refractivity contribution in [3.05, 3.63) is 34.9 Å². The van der Waals surface area contributed by atoms with E-state index in [1.165, 1.54) is 0 Å². The fraction of sp³-hybridized carbons (Fsp3) is 0.588. The predicted molar refractivity (Wildman–Crippen MR) is 86.9 cm³/mol. The summed E-state index contributed by atoms with van der Waals surface area (Å²) in [6.07, 6.45) is 2.24. The average molecular weight is 326 g/mol. The molecule has 0 spiro atoms. The molecule has 22 heavy (non-hydrogen) atoms. The molecular formula is C17H24ClNO3.